The molecular formula is C11H14F3NO4. The first-order chi connectivity index (χ1) is 8.61. The van der Waals surface area contributed by atoms with Crippen molar-refractivity contribution in [3.63, 3.8) is 0 Å². The lowest BCUT2D eigenvalue weighted by molar-refractivity contribution is -0.248. The second kappa shape index (κ2) is 4.09. The van der Waals surface area contributed by atoms with Gasteiger partial charge in [-0.25, -0.2) is 4.79 Å². The summed E-state index contributed by atoms with van der Waals surface area (Å²) in [7, 11) is 0. The first-order valence-electron chi connectivity index (χ1n) is 5.86. The van der Waals surface area contributed by atoms with Crippen molar-refractivity contribution in [2.24, 2.45) is 16.7 Å². The molecular weight excluding hydrogens is 267 g/mol. The Morgan fingerprint density at radius 3 is 1.74 bits per heavy atom. The van der Waals surface area contributed by atoms with Crippen LogP contribution in [-0.2, 0) is 9.59 Å². The molecule has 0 aromatic heterocycles. The molecule has 0 atom stereocenters. The van der Waals surface area contributed by atoms with E-state index in [0.29, 0.717) is 5.41 Å². The zero-order chi connectivity index (χ0) is 14.5. The van der Waals surface area contributed by atoms with E-state index < -0.39 is 18.1 Å². The second-order valence-corrected chi connectivity index (χ2v) is 5.64. The Labute approximate surface area is 106 Å². The number of hydrogen-bond acceptors (Lipinski definition) is 3. The molecule has 0 aromatic carbocycles. The zero-order valence-electron chi connectivity index (χ0n) is 9.96. The van der Waals surface area contributed by atoms with Crippen LogP contribution in [0.3, 0.4) is 0 Å². The number of alkyl halides is 3. The summed E-state index contributed by atoms with van der Waals surface area (Å²) in [5, 5.41) is 19.3. The minimum absolute atomic E-state index is 0.268. The molecule has 0 amide bonds. The van der Waals surface area contributed by atoms with Gasteiger partial charge in [0.1, 0.15) is 0 Å². The zero-order valence-corrected chi connectivity index (χ0v) is 9.96. The number of hydrogen-bond donors (Lipinski definition) is 3. The highest BCUT2D eigenvalue weighted by Gasteiger charge is 2.74. The minimum Gasteiger partial charge on any atom is -0.481 e. The van der Waals surface area contributed by atoms with E-state index in [1.54, 1.807) is 0 Å². The fraction of sp³-hybridized carbons (Fsp3) is 0.818. The molecule has 3 aliphatic carbocycles. The van der Waals surface area contributed by atoms with E-state index in [-0.39, 0.29) is 5.41 Å². The van der Waals surface area contributed by atoms with Gasteiger partial charge in [0.2, 0.25) is 0 Å². The SMILES string of the molecule is O=C(O)C(F)(F)F.O=C(O)C12CC(C3CNC3)(C1)C2. The van der Waals surface area contributed by atoms with Gasteiger partial charge in [0.25, 0.3) is 0 Å². The third-order valence-electron chi connectivity index (χ3n) is 4.42. The normalized spacial score (nSPS) is 35.9. The van der Waals surface area contributed by atoms with Crippen LogP contribution >= 0.6 is 0 Å². The van der Waals surface area contributed by atoms with Crippen molar-refractivity contribution >= 4 is 11.9 Å². The van der Waals surface area contributed by atoms with Crippen LogP contribution in [0.4, 0.5) is 13.2 Å². The average Bonchev–Trinajstić information content (AvgIpc) is 2.03. The van der Waals surface area contributed by atoms with E-state index in [2.05, 4.69) is 5.32 Å². The van der Waals surface area contributed by atoms with Gasteiger partial charge in [-0.05, 0) is 43.7 Å². The summed E-state index contributed by atoms with van der Waals surface area (Å²) in [5.74, 6) is -2.53. The molecule has 3 saturated carbocycles. The van der Waals surface area contributed by atoms with E-state index >= 15 is 0 Å². The smallest absolute Gasteiger partial charge is 0.481 e. The summed E-state index contributed by atoms with van der Waals surface area (Å²) in [6.45, 7) is 2.24. The van der Waals surface area contributed by atoms with Crippen molar-refractivity contribution in [2.45, 2.75) is 25.4 Å². The predicted octanol–water partition coefficient (Wildman–Crippen LogP) is 1.09. The summed E-state index contributed by atoms with van der Waals surface area (Å²) in [5.41, 5.74) is 0.194. The Morgan fingerprint density at radius 1 is 1.11 bits per heavy atom. The Bertz CT molecular complexity index is 397. The fourth-order valence-corrected chi connectivity index (χ4v) is 3.25. The second-order valence-electron chi connectivity index (χ2n) is 5.64. The van der Waals surface area contributed by atoms with Gasteiger partial charge in [0, 0.05) is 0 Å². The first kappa shape index (κ1) is 14.1. The van der Waals surface area contributed by atoms with Gasteiger partial charge in [-0.15, -0.1) is 0 Å². The van der Waals surface area contributed by atoms with Crippen LogP contribution in [0.1, 0.15) is 19.3 Å². The number of carboxylic acid groups (broad SMARTS) is 2. The van der Waals surface area contributed by atoms with Gasteiger partial charge < -0.3 is 15.5 Å². The fourth-order valence-electron chi connectivity index (χ4n) is 3.25. The molecule has 0 aromatic rings. The van der Waals surface area contributed by atoms with E-state index in [0.717, 1.165) is 38.3 Å². The Morgan fingerprint density at radius 2 is 1.53 bits per heavy atom. The van der Waals surface area contributed by atoms with E-state index in [1.165, 1.54) is 0 Å². The lowest BCUT2D eigenvalue weighted by Gasteiger charge is -2.72. The standard InChI is InChI=1S/C9H13NO2.C2HF3O2/c11-7(12)9-3-8(4-9,5-9)6-1-10-2-6;3-2(4,5)1(6)7/h6,10H,1-5H2,(H,11,12);(H,6,7). The lowest BCUT2D eigenvalue weighted by Crippen LogP contribution is -2.72. The molecule has 5 nitrogen and oxygen atoms in total. The highest BCUT2D eigenvalue weighted by Crippen LogP contribution is 2.76. The topological polar surface area (TPSA) is 86.6 Å². The van der Waals surface area contributed by atoms with Gasteiger partial charge in [0.05, 0.1) is 5.41 Å². The van der Waals surface area contributed by atoms with Crippen LogP contribution in [0.2, 0.25) is 0 Å². The van der Waals surface area contributed by atoms with Crippen LogP contribution in [0.15, 0.2) is 0 Å². The Kier molecular flexibility index (Phi) is 3.04. The van der Waals surface area contributed by atoms with Crippen molar-refractivity contribution in [2.75, 3.05) is 13.1 Å². The van der Waals surface area contributed by atoms with Crippen LogP contribution in [0.25, 0.3) is 0 Å². The quantitative estimate of drug-likeness (QED) is 0.705. The van der Waals surface area contributed by atoms with E-state index in [1.807, 2.05) is 0 Å². The van der Waals surface area contributed by atoms with Crippen LogP contribution < -0.4 is 5.32 Å². The van der Waals surface area contributed by atoms with Crippen molar-refractivity contribution in [3.8, 4) is 0 Å². The summed E-state index contributed by atoms with van der Waals surface area (Å²) in [6, 6.07) is 0. The van der Waals surface area contributed by atoms with Crippen LogP contribution in [-0.4, -0.2) is 41.4 Å². The number of aliphatic carboxylic acids is 2. The minimum atomic E-state index is -5.08. The highest BCUT2D eigenvalue weighted by molar-refractivity contribution is 5.79. The van der Waals surface area contributed by atoms with E-state index in [4.69, 9.17) is 15.0 Å². The molecule has 4 fully saturated rings. The van der Waals surface area contributed by atoms with Crippen molar-refractivity contribution in [1.29, 1.82) is 0 Å². The predicted molar refractivity (Wildman–Crippen MR) is 56.4 cm³/mol. The van der Waals surface area contributed by atoms with E-state index in [9.17, 15) is 18.0 Å². The number of rotatable bonds is 2. The lowest BCUT2D eigenvalue weighted by atomic mass is 9.31. The number of halogens is 3. The van der Waals surface area contributed by atoms with Gasteiger partial charge in [-0.1, -0.05) is 0 Å². The van der Waals surface area contributed by atoms with Crippen LogP contribution in [0, 0.1) is 16.7 Å². The Balaban J connectivity index is 0.000000167. The van der Waals surface area contributed by atoms with Gasteiger partial charge in [-0.3, -0.25) is 4.79 Å². The molecule has 0 unspecified atom stereocenters. The maximum Gasteiger partial charge on any atom is 0.490 e. The molecule has 1 aliphatic heterocycles. The summed E-state index contributed by atoms with van der Waals surface area (Å²) in [4.78, 5) is 19.7. The highest BCUT2D eigenvalue weighted by atomic mass is 19.4. The number of nitrogens with one attached hydrogen (secondary N) is 1. The monoisotopic (exact) mass is 281 g/mol. The molecule has 4 aliphatic rings. The molecule has 0 radical (unpaired) electrons. The number of carboxylic acids is 2. The van der Waals surface area contributed by atoms with Crippen molar-refractivity contribution in [3.05, 3.63) is 0 Å². The maximum atomic E-state index is 10.8. The maximum absolute atomic E-state index is 10.8. The molecule has 108 valence electrons. The molecule has 1 heterocycles. The van der Waals surface area contributed by atoms with Gasteiger partial charge in [-0.2, -0.15) is 13.2 Å². The van der Waals surface area contributed by atoms with Gasteiger partial charge >= 0.3 is 18.1 Å². The molecule has 2 bridgehead atoms. The number of carbonyl (C=O) groups is 2. The van der Waals surface area contributed by atoms with Crippen molar-refractivity contribution in [1.82, 2.24) is 5.32 Å². The summed E-state index contributed by atoms with van der Waals surface area (Å²) >= 11 is 0. The molecule has 8 heteroatoms. The third kappa shape index (κ3) is 2.18. The molecule has 4 rings (SSSR count). The first-order valence-corrected chi connectivity index (χ1v) is 5.86. The third-order valence-corrected chi connectivity index (χ3v) is 4.42. The summed E-state index contributed by atoms with van der Waals surface area (Å²) < 4.78 is 31.7. The largest absolute Gasteiger partial charge is 0.490 e. The van der Waals surface area contributed by atoms with Crippen molar-refractivity contribution < 1.29 is 33.0 Å². The molecule has 19 heavy (non-hydrogen) atoms. The summed E-state index contributed by atoms with van der Waals surface area (Å²) in [6.07, 6.45) is -2.20. The van der Waals surface area contributed by atoms with Gasteiger partial charge in [0.15, 0.2) is 0 Å². The average molecular weight is 281 g/mol. The van der Waals surface area contributed by atoms with Crippen LogP contribution in [0.5, 0.6) is 0 Å². The molecule has 0 spiro atoms. The Hall–Kier alpha value is -1.31. The molecule has 1 saturated heterocycles. The molecule has 3 N–H and O–H groups in total.